The fourth-order valence-corrected chi connectivity index (χ4v) is 3.76. The van der Waals surface area contributed by atoms with Gasteiger partial charge in [-0.3, -0.25) is 9.59 Å². The molecule has 1 saturated heterocycles. The summed E-state index contributed by atoms with van der Waals surface area (Å²) in [5.74, 6) is 1.14. The van der Waals surface area contributed by atoms with Gasteiger partial charge in [0.2, 0.25) is 5.91 Å². The molecule has 1 unspecified atom stereocenters. The van der Waals surface area contributed by atoms with Gasteiger partial charge in [0.15, 0.2) is 5.78 Å². The van der Waals surface area contributed by atoms with Crippen molar-refractivity contribution in [3.8, 4) is 0 Å². The molecule has 3 atom stereocenters. The number of Topliss-reactive ketones (excluding diaryl/α,β-unsaturated/α-hetero) is 1. The van der Waals surface area contributed by atoms with Crippen LogP contribution in [0, 0.1) is 17.3 Å². The maximum Gasteiger partial charge on any atom is 0.220 e. The van der Waals surface area contributed by atoms with Crippen LogP contribution in [0.1, 0.15) is 40.5 Å². The molecule has 0 aromatic rings. The first-order valence-corrected chi connectivity index (χ1v) is 6.09. The molecule has 1 amide bonds. The minimum atomic E-state index is -0.149. The Bertz CT molecular complexity index is 335. The highest BCUT2D eigenvalue weighted by Gasteiger charge is 2.52. The lowest BCUT2D eigenvalue weighted by Crippen LogP contribution is -2.41. The summed E-state index contributed by atoms with van der Waals surface area (Å²) in [6.07, 6.45) is 2.22. The number of rotatable bonds is 1. The van der Waals surface area contributed by atoms with Gasteiger partial charge in [0.25, 0.3) is 0 Å². The largest absolute Gasteiger partial charge is 0.332 e. The maximum atomic E-state index is 11.7. The number of likely N-dealkylation sites (tertiary alicyclic amines) is 1. The van der Waals surface area contributed by atoms with Gasteiger partial charge in [0.1, 0.15) is 0 Å². The van der Waals surface area contributed by atoms with Crippen LogP contribution in [0.5, 0.6) is 0 Å². The van der Waals surface area contributed by atoms with Gasteiger partial charge in [-0.2, -0.15) is 0 Å². The lowest BCUT2D eigenvalue weighted by molar-refractivity contribution is -0.136. The molecule has 16 heavy (non-hydrogen) atoms. The number of nitrogens with zero attached hydrogens (tertiary/aromatic N) is 1. The van der Waals surface area contributed by atoms with E-state index in [1.807, 2.05) is 0 Å². The maximum absolute atomic E-state index is 11.7. The van der Waals surface area contributed by atoms with Crippen LogP contribution in [0.25, 0.3) is 0 Å². The summed E-state index contributed by atoms with van der Waals surface area (Å²) in [4.78, 5) is 25.0. The van der Waals surface area contributed by atoms with Gasteiger partial charge in [0.05, 0.1) is 6.04 Å². The zero-order chi connectivity index (χ0) is 12.1. The Morgan fingerprint density at radius 1 is 1.19 bits per heavy atom. The number of ketones is 1. The van der Waals surface area contributed by atoms with E-state index in [0.29, 0.717) is 17.3 Å². The third-order valence-electron chi connectivity index (χ3n) is 4.20. The molecule has 2 fully saturated rings. The first-order chi connectivity index (χ1) is 7.32. The highest BCUT2D eigenvalue weighted by Crippen LogP contribution is 2.51. The van der Waals surface area contributed by atoms with Crippen LogP contribution in [0.15, 0.2) is 0 Å². The molecular formula is C13H21NO2. The van der Waals surface area contributed by atoms with Crippen LogP contribution in [0.2, 0.25) is 0 Å². The van der Waals surface area contributed by atoms with E-state index in [1.165, 1.54) is 0 Å². The second-order valence-electron chi connectivity index (χ2n) is 6.22. The Morgan fingerprint density at radius 3 is 2.31 bits per heavy atom. The van der Waals surface area contributed by atoms with Crippen LogP contribution in [0.4, 0.5) is 0 Å². The monoisotopic (exact) mass is 223 g/mol. The Labute approximate surface area is 97.2 Å². The number of hydrogen-bond donors (Lipinski definition) is 0. The Hall–Kier alpha value is -0.860. The summed E-state index contributed by atoms with van der Waals surface area (Å²) < 4.78 is 0. The predicted molar refractivity (Wildman–Crippen MR) is 61.9 cm³/mol. The second kappa shape index (κ2) is 3.57. The standard InChI is InChI=1S/C13H21NO2/c1-8(15)12-11-6-13(3,4)5-10(11)7-14(12)9(2)16/h10-12H,5-7H2,1-4H3/t10-,11?,12+/m0/s1. The Balaban J connectivity index is 2.23. The van der Waals surface area contributed by atoms with E-state index in [2.05, 4.69) is 13.8 Å². The molecule has 0 aromatic carbocycles. The Morgan fingerprint density at radius 2 is 1.81 bits per heavy atom. The summed E-state index contributed by atoms with van der Waals surface area (Å²) in [7, 11) is 0. The topological polar surface area (TPSA) is 37.4 Å². The normalized spacial score (nSPS) is 36.2. The molecule has 0 spiro atoms. The molecule has 1 aliphatic heterocycles. The first kappa shape index (κ1) is 11.6. The molecular weight excluding hydrogens is 202 g/mol. The molecule has 90 valence electrons. The molecule has 3 heteroatoms. The summed E-state index contributed by atoms with van der Waals surface area (Å²) in [5, 5.41) is 0. The number of fused-ring (bicyclic) bond motifs is 1. The van der Waals surface area contributed by atoms with Crippen molar-refractivity contribution in [2.45, 2.75) is 46.6 Å². The molecule has 1 saturated carbocycles. The molecule has 3 nitrogen and oxygen atoms in total. The van der Waals surface area contributed by atoms with Crippen LogP contribution >= 0.6 is 0 Å². The third-order valence-corrected chi connectivity index (χ3v) is 4.20. The fourth-order valence-electron chi connectivity index (χ4n) is 3.76. The van der Waals surface area contributed by atoms with Crippen molar-refractivity contribution >= 4 is 11.7 Å². The highest BCUT2D eigenvalue weighted by atomic mass is 16.2. The minimum Gasteiger partial charge on any atom is -0.332 e. The van der Waals surface area contributed by atoms with E-state index in [-0.39, 0.29) is 17.7 Å². The summed E-state index contributed by atoms with van der Waals surface area (Å²) >= 11 is 0. The average molecular weight is 223 g/mol. The van der Waals surface area contributed by atoms with E-state index in [4.69, 9.17) is 0 Å². The lowest BCUT2D eigenvalue weighted by atomic mass is 9.87. The van der Waals surface area contributed by atoms with Crippen molar-refractivity contribution in [2.75, 3.05) is 6.54 Å². The van der Waals surface area contributed by atoms with Gasteiger partial charge < -0.3 is 4.90 Å². The van der Waals surface area contributed by atoms with Gasteiger partial charge >= 0.3 is 0 Å². The molecule has 0 aromatic heterocycles. The van der Waals surface area contributed by atoms with E-state index in [9.17, 15) is 9.59 Å². The van der Waals surface area contributed by atoms with Crippen LogP contribution in [-0.4, -0.2) is 29.2 Å². The zero-order valence-corrected chi connectivity index (χ0v) is 10.6. The summed E-state index contributed by atoms with van der Waals surface area (Å²) in [5.41, 5.74) is 0.339. The molecule has 0 bridgehead atoms. The molecule has 1 heterocycles. The van der Waals surface area contributed by atoms with E-state index in [1.54, 1.807) is 18.7 Å². The van der Waals surface area contributed by atoms with E-state index < -0.39 is 0 Å². The highest BCUT2D eigenvalue weighted by molar-refractivity contribution is 5.87. The number of hydrogen-bond acceptors (Lipinski definition) is 2. The van der Waals surface area contributed by atoms with Crippen molar-refractivity contribution in [1.82, 2.24) is 4.90 Å². The van der Waals surface area contributed by atoms with Crippen molar-refractivity contribution in [3.63, 3.8) is 0 Å². The first-order valence-electron chi connectivity index (χ1n) is 6.09. The molecule has 2 aliphatic rings. The van der Waals surface area contributed by atoms with Gasteiger partial charge in [-0.1, -0.05) is 13.8 Å². The SMILES string of the molecule is CC(=O)[C@@H]1C2CC(C)(C)C[C@H]2CN1C(C)=O. The summed E-state index contributed by atoms with van der Waals surface area (Å²) in [6.45, 7) is 8.51. The fraction of sp³-hybridized carbons (Fsp3) is 0.846. The van der Waals surface area contributed by atoms with Crippen LogP contribution in [0.3, 0.4) is 0 Å². The second-order valence-corrected chi connectivity index (χ2v) is 6.22. The van der Waals surface area contributed by atoms with Crippen molar-refractivity contribution in [2.24, 2.45) is 17.3 Å². The smallest absolute Gasteiger partial charge is 0.220 e. The third kappa shape index (κ3) is 1.76. The molecule has 2 rings (SSSR count). The molecule has 0 N–H and O–H groups in total. The van der Waals surface area contributed by atoms with Gasteiger partial charge in [-0.25, -0.2) is 0 Å². The quantitative estimate of drug-likeness (QED) is 0.680. The van der Waals surface area contributed by atoms with Crippen molar-refractivity contribution < 1.29 is 9.59 Å². The number of carbonyl (C=O) groups excluding carboxylic acids is 2. The lowest BCUT2D eigenvalue weighted by Gasteiger charge is -2.27. The number of amides is 1. The molecule has 1 aliphatic carbocycles. The van der Waals surface area contributed by atoms with Crippen molar-refractivity contribution in [3.05, 3.63) is 0 Å². The van der Waals surface area contributed by atoms with Gasteiger partial charge in [-0.05, 0) is 37.0 Å². The van der Waals surface area contributed by atoms with E-state index >= 15 is 0 Å². The van der Waals surface area contributed by atoms with Gasteiger partial charge in [0, 0.05) is 13.5 Å². The Kier molecular flexibility index (Phi) is 2.59. The predicted octanol–water partition coefficient (Wildman–Crippen LogP) is 1.86. The van der Waals surface area contributed by atoms with E-state index in [0.717, 1.165) is 19.4 Å². The van der Waals surface area contributed by atoms with Crippen LogP contribution in [-0.2, 0) is 9.59 Å². The molecule has 0 radical (unpaired) electrons. The average Bonchev–Trinajstić information content (AvgIpc) is 2.54. The number of carbonyl (C=O) groups is 2. The van der Waals surface area contributed by atoms with Crippen molar-refractivity contribution in [1.29, 1.82) is 0 Å². The van der Waals surface area contributed by atoms with Crippen LogP contribution < -0.4 is 0 Å². The minimum absolute atomic E-state index is 0.0485. The summed E-state index contributed by atoms with van der Waals surface area (Å²) in [6, 6.07) is -0.149. The zero-order valence-electron chi connectivity index (χ0n) is 10.6. The van der Waals surface area contributed by atoms with Gasteiger partial charge in [-0.15, -0.1) is 0 Å².